The molecule has 0 amide bonds. The molecule has 0 spiro atoms. The van der Waals surface area contributed by atoms with Crippen LogP contribution in [0.4, 0.5) is 0 Å². The molecule has 2 N–H and O–H groups in total. The Labute approximate surface area is 115 Å². The van der Waals surface area contributed by atoms with E-state index in [0.29, 0.717) is 11.8 Å². The van der Waals surface area contributed by atoms with Crippen LogP contribution < -0.4 is 5.32 Å². The molecule has 2 aromatic rings. The fraction of sp³-hybridized carbons (Fsp3) is 0.438. The highest BCUT2D eigenvalue weighted by molar-refractivity contribution is 5.62. The van der Waals surface area contributed by atoms with Crippen LogP contribution in [-0.2, 0) is 0 Å². The van der Waals surface area contributed by atoms with E-state index in [0.717, 1.165) is 18.1 Å². The number of likely N-dealkylation sites (N-methyl/N-ethyl adjacent to an activating group) is 1. The van der Waals surface area contributed by atoms with Crippen molar-refractivity contribution >= 4 is 0 Å². The Balaban J connectivity index is 2.30. The van der Waals surface area contributed by atoms with Crippen molar-refractivity contribution in [1.29, 1.82) is 0 Å². The summed E-state index contributed by atoms with van der Waals surface area (Å²) in [6.45, 7) is 7.54. The number of nitrogens with one attached hydrogen (secondary N) is 2. The van der Waals surface area contributed by atoms with Crippen LogP contribution in [-0.4, -0.2) is 23.6 Å². The van der Waals surface area contributed by atoms with Crippen LogP contribution in [0, 0.1) is 12.8 Å². The van der Waals surface area contributed by atoms with E-state index in [1.807, 2.05) is 13.2 Å². The molecule has 0 bridgehead atoms. The van der Waals surface area contributed by atoms with Crippen molar-refractivity contribution in [2.24, 2.45) is 5.92 Å². The molecular formula is C16H23N3. The molecule has 1 heterocycles. The number of rotatable bonds is 5. The first-order chi connectivity index (χ1) is 9.13. The monoisotopic (exact) mass is 257 g/mol. The molecule has 0 aliphatic rings. The minimum atomic E-state index is 0.419. The molecule has 3 heteroatoms. The van der Waals surface area contributed by atoms with Gasteiger partial charge < -0.3 is 10.3 Å². The van der Waals surface area contributed by atoms with Gasteiger partial charge in [-0.25, -0.2) is 4.98 Å². The molecule has 19 heavy (non-hydrogen) atoms. The molecule has 0 saturated heterocycles. The highest BCUT2D eigenvalue weighted by atomic mass is 14.9. The number of aromatic nitrogens is 2. The number of hydrogen-bond donors (Lipinski definition) is 2. The zero-order chi connectivity index (χ0) is 13.8. The van der Waals surface area contributed by atoms with Crippen molar-refractivity contribution < 1.29 is 0 Å². The van der Waals surface area contributed by atoms with Crippen LogP contribution in [0.3, 0.4) is 0 Å². The van der Waals surface area contributed by atoms with Crippen molar-refractivity contribution in [2.75, 3.05) is 13.6 Å². The molecule has 1 aromatic heterocycles. The normalized spacial score (nSPS) is 12.9. The van der Waals surface area contributed by atoms with Gasteiger partial charge in [0.2, 0.25) is 0 Å². The number of H-pyrrole nitrogens is 1. The summed E-state index contributed by atoms with van der Waals surface area (Å²) < 4.78 is 0. The highest BCUT2D eigenvalue weighted by Gasteiger charge is 2.18. The Kier molecular flexibility index (Phi) is 4.38. The van der Waals surface area contributed by atoms with Crippen LogP contribution in [0.5, 0.6) is 0 Å². The van der Waals surface area contributed by atoms with Gasteiger partial charge in [-0.3, -0.25) is 0 Å². The van der Waals surface area contributed by atoms with Gasteiger partial charge in [-0.05, 0) is 25.5 Å². The van der Waals surface area contributed by atoms with Crippen molar-refractivity contribution in [3.05, 3.63) is 41.9 Å². The minimum absolute atomic E-state index is 0.419. The average molecular weight is 257 g/mol. The van der Waals surface area contributed by atoms with Crippen LogP contribution in [0.2, 0.25) is 0 Å². The third kappa shape index (κ3) is 3.04. The molecule has 0 aliphatic heterocycles. The SMILES string of the molecule is CNCC(c1ncc(-c2ccccc2C)[nH]1)C(C)C. The van der Waals surface area contributed by atoms with Crippen LogP contribution >= 0.6 is 0 Å². The summed E-state index contributed by atoms with van der Waals surface area (Å²) in [5, 5.41) is 3.25. The molecule has 0 radical (unpaired) electrons. The Bertz CT molecular complexity index is 528. The van der Waals surface area contributed by atoms with Crippen molar-refractivity contribution in [2.45, 2.75) is 26.7 Å². The maximum Gasteiger partial charge on any atom is 0.111 e. The molecule has 1 unspecified atom stereocenters. The number of aromatic amines is 1. The lowest BCUT2D eigenvalue weighted by atomic mass is 9.95. The topological polar surface area (TPSA) is 40.7 Å². The number of aryl methyl sites for hydroxylation is 1. The van der Waals surface area contributed by atoms with E-state index in [4.69, 9.17) is 0 Å². The molecule has 0 aliphatic carbocycles. The van der Waals surface area contributed by atoms with Crippen LogP contribution in [0.1, 0.15) is 31.2 Å². The summed E-state index contributed by atoms with van der Waals surface area (Å²) in [5.41, 5.74) is 3.61. The van der Waals surface area contributed by atoms with Gasteiger partial charge in [-0.1, -0.05) is 38.1 Å². The molecule has 1 atom stereocenters. The predicted octanol–water partition coefficient (Wildman–Crippen LogP) is 3.34. The minimum Gasteiger partial charge on any atom is -0.342 e. The van der Waals surface area contributed by atoms with Crippen molar-refractivity contribution in [3.8, 4) is 11.3 Å². The zero-order valence-corrected chi connectivity index (χ0v) is 12.2. The summed E-state index contributed by atoms with van der Waals surface area (Å²) in [7, 11) is 1.99. The number of nitrogens with zero attached hydrogens (tertiary/aromatic N) is 1. The smallest absolute Gasteiger partial charge is 0.111 e. The summed E-state index contributed by atoms with van der Waals surface area (Å²) in [6, 6.07) is 8.39. The van der Waals surface area contributed by atoms with E-state index in [9.17, 15) is 0 Å². The lowest BCUT2D eigenvalue weighted by Crippen LogP contribution is -2.22. The Morgan fingerprint density at radius 1 is 1.26 bits per heavy atom. The standard InChI is InChI=1S/C16H23N3/c1-11(2)14(9-17-4)16-18-10-15(19-16)13-8-6-5-7-12(13)3/h5-8,10-11,14,17H,9H2,1-4H3,(H,18,19). The summed E-state index contributed by atoms with van der Waals surface area (Å²) in [4.78, 5) is 8.06. The lowest BCUT2D eigenvalue weighted by Gasteiger charge is -2.18. The third-order valence-corrected chi connectivity index (χ3v) is 3.61. The maximum absolute atomic E-state index is 4.58. The second-order valence-corrected chi connectivity index (χ2v) is 5.41. The van der Waals surface area contributed by atoms with Gasteiger partial charge in [-0.2, -0.15) is 0 Å². The van der Waals surface area contributed by atoms with E-state index >= 15 is 0 Å². The number of imidazole rings is 1. The molecule has 3 nitrogen and oxygen atoms in total. The van der Waals surface area contributed by atoms with E-state index in [-0.39, 0.29) is 0 Å². The van der Waals surface area contributed by atoms with Gasteiger partial charge in [0.25, 0.3) is 0 Å². The van der Waals surface area contributed by atoms with Gasteiger partial charge in [0.1, 0.15) is 5.82 Å². The Hall–Kier alpha value is -1.61. The lowest BCUT2D eigenvalue weighted by molar-refractivity contribution is 0.461. The molecular weight excluding hydrogens is 234 g/mol. The largest absolute Gasteiger partial charge is 0.342 e. The quantitative estimate of drug-likeness (QED) is 0.862. The van der Waals surface area contributed by atoms with Gasteiger partial charge in [-0.15, -0.1) is 0 Å². The van der Waals surface area contributed by atoms with Crippen molar-refractivity contribution in [1.82, 2.24) is 15.3 Å². The molecule has 1 aromatic carbocycles. The molecule has 0 fully saturated rings. The van der Waals surface area contributed by atoms with E-state index in [1.54, 1.807) is 0 Å². The Morgan fingerprint density at radius 2 is 2.00 bits per heavy atom. The summed E-state index contributed by atoms with van der Waals surface area (Å²) >= 11 is 0. The second-order valence-electron chi connectivity index (χ2n) is 5.41. The molecule has 2 rings (SSSR count). The van der Waals surface area contributed by atoms with Gasteiger partial charge in [0.15, 0.2) is 0 Å². The predicted molar refractivity (Wildman–Crippen MR) is 80.3 cm³/mol. The van der Waals surface area contributed by atoms with E-state index in [2.05, 4.69) is 60.3 Å². The van der Waals surface area contributed by atoms with E-state index in [1.165, 1.54) is 11.1 Å². The first-order valence-corrected chi connectivity index (χ1v) is 6.89. The highest BCUT2D eigenvalue weighted by Crippen LogP contribution is 2.26. The first-order valence-electron chi connectivity index (χ1n) is 6.89. The Morgan fingerprint density at radius 3 is 2.63 bits per heavy atom. The second kappa shape index (κ2) is 6.02. The zero-order valence-electron chi connectivity index (χ0n) is 12.2. The van der Waals surface area contributed by atoms with Gasteiger partial charge in [0, 0.05) is 18.0 Å². The first kappa shape index (κ1) is 13.8. The molecule has 102 valence electrons. The van der Waals surface area contributed by atoms with Crippen molar-refractivity contribution in [3.63, 3.8) is 0 Å². The van der Waals surface area contributed by atoms with Gasteiger partial charge >= 0.3 is 0 Å². The van der Waals surface area contributed by atoms with Crippen LogP contribution in [0.25, 0.3) is 11.3 Å². The van der Waals surface area contributed by atoms with Gasteiger partial charge in [0.05, 0.1) is 11.9 Å². The van der Waals surface area contributed by atoms with Crippen LogP contribution in [0.15, 0.2) is 30.5 Å². The van der Waals surface area contributed by atoms with E-state index < -0.39 is 0 Å². The molecule has 0 saturated carbocycles. The third-order valence-electron chi connectivity index (χ3n) is 3.61. The summed E-state index contributed by atoms with van der Waals surface area (Å²) in [5.74, 6) is 2.05. The fourth-order valence-electron chi connectivity index (χ4n) is 2.41. The number of hydrogen-bond acceptors (Lipinski definition) is 2. The summed E-state index contributed by atoms with van der Waals surface area (Å²) in [6.07, 6.45) is 1.95. The number of benzene rings is 1. The fourth-order valence-corrected chi connectivity index (χ4v) is 2.41. The maximum atomic E-state index is 4.58. The average Bonchev–Trinajstić information content (AvgIpc) is 2.85.